The molecule has 5 rings (SSSR count). The molecule has 0 radical (unpaired) electrons. The van der Waals surface area contributed by atoms with Gasteiger partial charge >= 0.3 is 0 Å². The third kappa shape index (κ3) is 4.45. The van der Waals surface area contributed by atoms with Crippen LogP contribution in [0.4, 0.5) is 10.1 Å². The normalized spacial score (nSPS) is 20.8. The van der Waals surface area contributed by atoms with Crippen LogP contribution in [0.5, 0.6) is 0 Å². The van der Waals surface area contributed by atoms with Crippen LogP contribution < -0.4 is 4.90 Å². The lowest BCUT2D eigenvalue weighted by Gasteiger charge is -2.40. The minimum atomic E-state index is -0.204. The molecule has 2 aromatic carbocycles. The van der Waals surface area contributed by atoms with Crippen LogP contribution in [0.1, 0.15) is 30.3 Å². The highest BCUT2D eigenvalue weighted by atomic mass is 19.1. The summed E-state index contributed by atoms with van der Waals surface area (Å²) in [6.07, 6.45) is 2.32. The summed E-state index contributed by atoms with van der Waals surface area (Å²) in [6.45, 7) is 4.95. The zero-order chi connectivity index (χ0) is 21.0. The summed E-state index contributed by atoms with van der Waals surface area (Å²) in [7, 11) is 0. The fraction of sp³-hybridized carbons (Fsp3) is 0.435. The number of rotatable bonds is 6. The Morgan fingerprint density at radius 2 is 1.77 bits per heavy atom. The minimum absolute atomic E-state index is 0.0204. The molecule has 0 bridgehead atoms. The van der Waals surface area contributed by atoms with Gasteiger partial charge in [0, 0.05) is 38.5 Å². The number of benzene rings is 2. The molecular formula is C23H27FN6O. The van der Waals surface area contributed by atoms with E-state index in [1.54, 1.807) is 0 Å². The van der Waals surface area contributed by atoms with Crippen molar-refractivity contribution < 1.29 is 9.13 Å². The van der Waals surface area contributed by atoms with Gasteiger partial charge in [-0.15, -0.1) is 5.10 Å². The second-order valence-electron chi connectivity index (χ2n) is 8.17. The van der Waals surface area contributed by atoms with E-state index in [4.69, 9.17) is 4.74 Å². The third-order valence-electron chi connectivity index (χ3n) is 6.19. The summed E-state index contributed by atoms with van der Waals surface area (Å²) < 4.78 is 21.0. The molecule has 8 heteroatoms. The van der Waals surface area contributed by atoms with Gasteiger partial charge in [-0.3, -0.25) is 4.90 Å². The van der Waals surface area contributed by atoms with Gasteiger partial charge in [0.05, 0.1) is 18.7 Å². The molecule has 0 N–H and O–H groups in total. The van der Waals surface area contributed by atoms with E-state index in [1.807, 2.05) is 22.9 Å². The van der Waals surface area contributed by atoms with Crippen LogP contribution in [-0.4, -0.2) is 64.0 Å². The number of ether oxygens (including phenoxy) is 1. The van der Waals surface area contributed by atoms with Crippen LogP contribution in [0.3, 0.4) is 0 Å². The van der Waals surface area contributed by atoms with Crippen LogP contribution in [0.2, 0.25) is 0 Å². The van der Waals surface area contributed by atoms with Crippen LogP contribution in [0.15, 0.2) is 54.6 Å². The van der Waals surface area contributed by atoms with Crippen LogP contribution in [-0.2, 0) is 11.3 Å². The first-order valence-corrected chi connectivity index (χ1v) is 10.9. The third-order valence-corrected chi connectivity index (χ3v) is 6.19. The van der Waals surface area contributed by atoms with E-state index in [2.05, 4.69) is 49.6 Å². The van der Waals surface area contributed by atoms with E-state index < -0.39 is 0 Å². The van der Waals surface area contributed by atoms with Crippen molar-refractivity contribution >= 4 is 5.69 Å². The fourth-order valence-corrected chi connectivity index (χ4v) is 4.57. The van der Waals surface area contributed by atoms with Gasteiger partial charge in [-0.1, -0.05) is 30.3 Å². The number of aromatic nitrogens is 4. The molecule has 2 saturated heterocycles. The van der Waals surface area contributed by atoms with E-state index in [0.29, 0.717) is 6.54 Å². The Labute approximate surface area is 181 Å². The quantitative estimate of drug-likeness (QED) is 0.609. The van der Waals surface area contributed by atoms with Crippen molar-refractivity contribution in [1.82, 2.24) is 25.1 Å². The Balaban J connectivity index is 1.37. The summed E-state index contributed by atoms with van der Waals surface area (Å²) in [6, 6.07) is 17.2. The number of hydrogen-bond donors (Lipinski definition) is 0. The molecule has 0 aliphatic carbocycles. The fourth-order valence-electron chi connectivity index (χ4n) is 4.57. The highest BCUT2D eigenvalue weighted by Gasteiger charge is 2.31. The SMILES string of the molecule is Fc1ccc(N2CCN(C(c3ccccc3)c3nnnn3CC3CCCO3)CC2)cc1. The van der Waals surface area contributed by atoms with Gasteiger partial charge < -0.3 is 9.64 Å². The summed E-state index contributed by atoms with van der Waals surface area (Å²) in [5.41, 5.74) is 2.24. The van der Waals surface area contributed by atoms with Crippen molar-refractivity contribution in [3.63, 3.8) is 0 Å². The molecule has 2 aliphatic heterocycles. The Morgan fingerprint density at radius 3 is 2.48 bits per heavy atom. The Bertz CT molecular complexity index is 965. The monoisotopic (exact) mass is 422 g/mol. The zero-order valence-corrected chi connectivity index (χ0v) is 17.5. The van der Waals surface area contributed by atoms with Gasteiger partial charge in [-0.05, 0) is 53.1 Å². The molecule has 2 fully saturated rings. The maximum atomic E-state index is 13.3. The summed E-state index contributed by atoms with van der Waals surface area (Å²) in [4.78, 5) is 4.74. The van der Waals surface area contributed by atoms with Crippen LogP contribution in [0, 0.1) is 5.82 Å². The lowest BCUT2D eigenvalue weighted by molar-refractivity contribution is 0.0906. The van der Waals surface area contributed by atoms with Crippen molar-refractivity contribution in [3.05, 3.63) is 71.8 Å². The summed E-state index contributed by atoms with van der Waals surface area (Å²) in [5.74, 6) is 0.654. The van der Waals surface area contributed by atoms with Crippen molar-refractivity contribution in [2.45, 2.75) is 31.5 Å². The molecule has 3 heterocycles. The van der Waals surface area contributed by atoms with Crippen molar-refractivity contribution in [2.75, 3.05) is 37.7 Å². The van der Waals surface area contributed by atoms with E-state index >= 15 is 0 Å². The van der Waals surface area contributed by atoms with Gasteiger partial charge in [-0.2, -0.15) is 0 Å². The highest BCUT2D eigenvalue weighted by molar-refractivity contribution is 5.46. The smallest absolute Gasteiger partial charge is 0.173 e. The standard InChI is InChI=1S/C23H27FN6O/c24-19-8-10-20(11-9-19)28-12-14-29(15-13-28)22(18-5-2-1-3-6-18)23-25-26-27-30(23)17-21-7-4-16-31-21/h1-3,5-6,8-11,21-22H,4,7,12-17H2. The average Bonchev–Trinajstić information content (AvgIpc) is 3.49. The maximum absolute atomic E-state index is 13.3. The first-order chi connectivity index (χ1) is 15.3. The van der Waals surface area contributed by atoms with E-state index in [9.17, 15) is 4.39 Å². The summed E-state index contributed by atoms with van der Waals surface area (Å²) in [5, 5.41) is 12.8. The molecule has 2 unspecified atom stereocenters. The molecule has 7 nitrogen and oxygen atoms in total. The topological polar surface area (TPSA) is 59.3 Å². The molecule has 0 saturated carbocycles. The average molecular weight is 423 g/mol. The first-order valence-electron chi connectivity index (χ1n) is 10.9. The van der Waals surface area contributed by atoms with Crippen molar-refractivity contribution in [1.29, 1.82) is 0 Å². The Morgan fingerprint density at radius 1 is 1.00 bits per heavy atom. The van der Waals surface area contributed by atoms with Crippen molar-refractivity contribution in [3.8, 4) is 0 Å². The van der Waals surface area contributed by atoms with Gasteiger partial charge in [-0.25, -0.2) is 9.07 Å². The van der Waals surface area contributed by atoms with Gasteiger partial charge in [0.1, 0.15) is 5.82 Å². The molecular weight excluding hydrogens is 395 g/mol. The molecule has 0 amide bonds. The Hall–Kier alpha value is -2.84. The molecule has 2 atom stereocenters. The Kier molecular flexibility index (Phi) is 5.90. The second kappa shape index (κ2) is 9.11. The lowest BCUT2D eigenvalue weighted by atomic mass is 10.0. The predicted octanol–water partition coefficient (Wildman–Crippen LogP) is 2.90. The lowest BCUT2D eigenvalue weighted by Crippen LogP contribution is -2.48. The van der Waals surface area contributed by atoms with E-state index in [0.717, 1.165) is 57.1 Å². The summed E-state index contributed by atoms with van der Waals surface area (Å²) >= 11 is 0. The van der Waals surface area contributed by atoms with Gasteiger partial charge in [0.25, 0.3) is 0 Å². The second-order valence-corrected chi connectivity index (χ2v) is 8.17. The molecule has 3 aromatic rings. The van der Waals surface area contributed by atoms with E-state index in [-0.39, 0.29) is 18.0 Å². The van der Waals surface area contributed by atoms with Crippen molar-refractivity contribution in [2.24, 2.45) is 0 Å². The maximum Gasteiger partial charge on any atom is 0.173 e. The van der Waals surface area contributed by atoms with Crippen LogP contribution in [0.25, 0.3) is 0 Å². The molecule has 162 valence electrons. The van der Waals surface area contributed by atoms with Gasteiger partial charge in [0.15, 0.2) is 5.82 Å². The molecule has 2 aliphatic rings. The zero-order valence-electron chi connectivity index (χ0n) is 17.5. The van der Waals surface area contributed by atoms with Gasteiger partial charge in [0.2, 0.25) is 0 Å². The molecule has 31 heavy (non-hydrogen) atoms. The largest absolute Gasteiger partial charge is 0.376 e. The number of hydrogen-bond acceptors (Lipinski definition) is 6. The number of piperazine rings is 1. The van der Waals surface area contributed by atoms with E-state index in [1.165, 1.54) is 17.7 Å². The molecule has 0 spiro atoms. The number of nitrogens with zero attached hydrogens (tertiary/aromatic N) is 6. The number of tetrazole rings is 1. The number of halogens is 1. The molecule has 1 aromatic heterocycles. The highest BCUT2D eigenvalue weighted by Crippen LogP contribution is 2.29. The predicted molar refractivity (Wildman–Crippen MR) is 115 cm³/mol. The minimum Gasteiger partial charge on any atom is -0.376 e. The first kappa shape index (κ1) is 20.1. The number of anilines is 1. The van der Waals surface area contributed by atoms with Crippen LogP contribution >= 0.6 is 0 Å².